The Hall–Kier alpha value is -2.41. The summed E-state index contributed by atoms with van der Waals surface area (Å²) < 4.78 is 15.2. The molecule has 2 aromatic rings. The van der Waals surface area contributed by atoms with Gasteiger partial charge in [0.05, 0.1) is 29.4 Å². The molecule has 0 unspecified atom stereocenters. The van der Waals surface area contributed by atoms with Crippen LogP contribution in [0.4, 0.5) is 4.39 Å². The van der Waals surface area contributed by atoms with Crippen LogP contribution in [0.2, 0.25) is 5.02 Å². The molecule has 0 radical (unpaired) electrons. The van der Waals surface area contributed by atoms with Crippen molar-refractivity contribution in [3.05, 3.63) is 40.3 Å². The van der Waals surface area contributed by atoms with Gasteiger partial charge in [-0.2, -0.15) is 5.10 Å². The fraction of sp³-hybridized carbons (Fsp3) is 0.450. The van der Waals surface area contributed by atoms with Crippen molar-refractivity contribution >= 4 is 23.4 Å². The third-order valence-corrected chi connectivity index (χ3v) is 6.00. The monoisotopic (exact) mass is 404 g/mol. The van der Waals surface area contributed by atoms with E-state index in [9.17, 15) is 14.0 Å². The van der Waals surface area contributed by atoms with Crippen molar-refractivity contribution in [3.8, 4) is 11.3 Å². The minimum Gasteiger partial charge on any atom is -0.365 e. The molecule has 8 heteroatoms. The van der Waals surface area contributed by atoms with Gasteiger partial charge >= 0.3 is 0 Å². The van der Waals surface area contributed by atoms with E-state index in [4.69, 9.17) is 17.3 Å². The number of hydrogen-bond acceptors (Lipinski definition) is 3. The molecule has 1 aliphatic carbocycles. The van der Waals surface area contributed by atoms with Gasteiger partial charge in [-0.05, 0) is 42.9 Å². The molecule has 6 nitrogen and oxygen atoms in total. The van der Waals surface area contributed by atoms with Crippen LogP contribution in [0.5, 0.6) is 0 Å². The lowest BCUT2D eigenvalue weighted by atomic mass is 9.74. The Bertz CT molecular complexity index is 952. The number of carbonyl (C=O) groups is 2. The van der Waals surface area contributed by atoms with Crippen molar-refractivity contribution in [1.29, 1.82) is 0 Å². The molecule has 2 heterocycles. The second-order valence-corrected chi connectivity index (χ2v) is 8.26. The second-order valence-electron chi connectivity index (χ2n) is 7.85. The Labute approximate surface area is 167 Å². The van der Waals surface area contributed by atoms with E-state index in [2.05, 4.69) is 12.0 Å². The average Bonchev–Trinajstić information content (AvgIpc) is 3.01. The molecule has 2 amide bonds. The number of carbonyl (C=O) groups excluding carboxylic acids is 2. The molecule has 1 fully saturated rings. The topological polar surface area (TPSA) is 81.2 Å². The first-order valence-electron chi connectivity index (χ1n) is 9.46. The summed E-state index contributed by atoms with van der Waals surface area (Å²) in [4.78, 5) is 26.6. The van der Waals surface area contributed by atoms with Crippen molar-refractivity contribution in [2.45, 2.75) is 39.3 Å². The molecule has 1 aliphatic heterocycles. The minimum atomic E-state index is -0.626. The van der Waals surface area contributed by atoms with E-state index >= 15 is 0 Å². The van der Waals surface area contributed by atoms with Gasteiger partial charge in [0.25, 0.3) is 5.91 Å². The summed E-state index contributed by atoms with van der Waals surface area (Å²) >= 11 is 5.89. The molecule has 0 bridgehead atoms. The normalized spacial score (nSPS) is 21.2. The number of nitrogens with two attached hydrogens (primary N) is 1. The second kappa shape index (κ2) is 7.20. The van der Waals surface area contributed by atoms with Crippen molar-refractivity contribution in [2.75, 3.05) is 6.54 Å². The Morgan fingerprint density at radius 1 is 1.32 bits per heavy atom. The number of halogens is 2. The van der Waals surface area contributed by atoms with E-state index in [-0.39, 0.29) is 16.5 Å². The average molecular weight is 405 g/mol. The predicted molar refractivity (Wildman–Crippen MR) is 103 cm³/mol. The van der Waals surface area contributed by atoms with Gasteiger partial charge in [0, 0.05) is 18.5 Å². The smallest absolute Gasteiger partial charge is 0.252 e. The molecule has 0 atom stereocenters. The summed E-state index contributed by atoms with van der Waals surface area (Å²) in [5, 5.41) is 4.45. The van der Waals surface area contributed by atoms with Crippen LogP contribution < -0.4 is 5.73 Å². The number of primary amides is 1. The van der Waals surface area contributed by atoms with Gasteiger partial charge < -0.3 is 10.6 Å². The minimum absolute atomic E-state index is 0.0505. The van der Waals surface area contributed by atoms with Crippen molar-refractivity contribution in [1.82, 2.24) is 14.7 Å². The summed E-state index contributed by atoms with van der Waals surface area (Å²) in [7, 11) is 0. The number of fused-ring (bicyclic) bond motifs is 1. The van der Waals surface area contributed by atoms with Gasteiger partial charge in [0.2, 0.25) is 5.91 Å². The molecule has 28 heavy (non-hydrogen) atoms. The SMILES string of the molecule is CC1CC(CC(=O)N2CCn3nc(-c4ccc(F)c(Cl)c4)c(C(N)=O)c3C2)C1. The maximum Gasteiger partial charge on any atom is 0.252 e. The summed E-state index contributed by atoms with van der Waals surface area (Å²) in [6.07, 6.45) is 2.74. The molecule has 0 saturated heterocycles. The van der Waals surface area contributed by atoms with Crippen LogP contribution in [0.15, 0.2) is 18.2 Å². The van der Waals surface area contributed by atoms with Gasteiger partial charge in [0.1, 0.15) is 11.5 Å². The van der Waals surface area contributed by atoms with Crippen LogP contribution >= 0.6 is 11.6 Å². The highest BCUT2D eigenvalue weighted by Crippen LogP contribution is 2.36. The van der Waals surface area contributed by atoms with Gasteiger partial charge in [-0.3, -0.25) is 14.3 Å². The maximum absolute atomic E-state index is 13.5. The van der Waals surface area contributed by atoms with Gasteiger partial charge in [-0.25, -0.2) is 4.39 Å². The highest BCUT2D eigenvalue weighted by Gasteiger charge is 2.33. The van der Waals surface area contributed by atoms with Crippen LogP contribution in [-0.2, 0) is 17.9 Å². The number of nitrogens with zero attached hydrogens (tertiary/aromatic N) is 3. The predicted octanol–water partition coefficient (Wildman–Crippen LogP) is 3.22. The molecule has 148 valence electrons. The lowest BCUT2D eigenvalue weighted by Gasteiger charge is -2.35. The Morgan fingerprint density at radius 2 is 2.07 bits per heavy atom. The van der Waals surface area contributed by atoms with E-state index < -0.39 is 11.7 Å². The molecule has 2 aliphatic rings. The number of hydrogen-bond donors (Lipinski definition) is 1. The molecular weight excluding hydrogens is 383 g/mol. The first-order valence-corrected chi connectivity index (χ1v) is 9.84. The Balaban J connectivity index is 1.62. The summed E-state index contributed by atoms with van der Waals surface area (Å²) in [6, 6.07) is 4.18. The largest absolute Gasteiger partial charge is 0.365 e. The molecule has 4 rings (SSSR count). The zero-order valence-corrected chi connectivity index (χ0v) is 16.4. The van der Waals surface area contributed by atoms with Crippen LogP contribution in [0.1, 0.15) is 42.2 Å². The number of benzene rings is 1. The van der Waals surface area contributed by atoms with Gasteiger partial charge in [-0.15, -0.1) is 0 Å². The van der Waals surface area contributed by atoms with E-state index in [1.807, 2.05) is 0 Å². The van der Waals surface area contributed by atoms with Crippen LogP contribution in [-0.4, -0.2) is 33.0 Å². The Kier molecular flexibility index (Phi) is 4.87. The number of rotatable bonds is 4. The summed E-state index contributed by atoms with van der Waals surface area (Å²) in [5.41, 5.74) is 7.39. The lowest BCUT2D eigenvalue weighted by molar-refractivity contribution is -0.134. The highest BCUT2D eigenvalue weighted by molar-refractivity contribution is 6.31. The first-order chi connectivity index (χ1) is 13.3. The van der Waals surface area contributed by atoms with Gasteiger partial charge in [-0.1, -0.05) is 18.5 Å². The van der Waals surface area contributed by atoms with Crippen LogP contribution in [0, 0.1) is 17.7 Å². The third kappa shape index (κ3) is 3.39. The molecule has 2 N–H and O–H groups in total. The summed E-state index contributed by atoms with van der Waals surface area (Å²) in [5.74, 6) is 0.0936. The zero-order chi connectivity index (χ0) is 20.0. The van der Waals surface area contributed by atoms with Crippen molar-refractivity contribution in [3.63, 3.8) is 0 Å². The van der Waals surface area contributed by atoms with Crippen molar-refractivity contribution in [2.24, 2.45) is 17.6 Å². The number of aromatic nitrogens is 2. The standard InChI is InChI=1S/C20H22ClFN4O2/c1-11-6-12(7-11)8-17(27)25-4-5-26-16(10-25)18(20(23)28)19(24-26)13-2-3-15(22)14(21)9-13/h2-3,9,11-12H,4-8,10H2,1H3,(H2,23,28). The molecule has 1 aromatic heterocycles. The zero-order valence-electron chi connectivity index (χ0n) is 15.6. The first kappa shape index (κ1) is 18.9. The van der Waals surface area contributed by atoms with Crippen LogP contribution in [0.25, 0.3) is 11.3 Å². The van der Waals surface area contributed by atoms with Gasteiger partial charge in [0.15, 0.2) is 0 Å². The number of amides is 2. The van der Waals surface area contributed by atoms with E-state index in [1.165, 1.54) is 18.2 Å². The molecular formula is C20H22ClFN4O2. The quantitative estimate of drug-likeness (QED) is 0.849. The fourth-order valence-corrected chi connectivity index (χ4v) is 4.43. The van der Waals surface area contributed by atoms with Crippen molar-refractivity contribution < 1.29 is 14.0 Å². The molecule has 0 spiro atoms. The lowest BCUT2D eigenvalue weighted by Crippen LogP contribution is -2.40. The molecule has 1 aromatic carbocycles. The highest BCUT2D eigenvalue weighted by atomic mass is 35.5. The fourth-order valence-electron chi connectivity index (χ4n) is 4.25. The van der Waals surface area contributed by atoms with E-state index in [0.29, 0.717) is 54.8 Å². The van der Waals surface area contributed by atoms with E-state index in [0.717, 1.165) is 12.8 Å². The van der Waals surface area contributed by atoms with Crippen LogP contribution in [0.3, 0.4) is 0 Å². The summed E-state index contributed by atoms with van der Waals surface area (Å²) in [6.45, 7) is 3.51. The molecule has 1 saturated carbocycles. The maximum atomic E-state index is 13.5. The third-order valence-electron chi connectivity index (χ3n) is 5.71. The Morgan fingerprint density at radius 3 is 2.71 bits per heavy atom. The van der Waals surface area contributed by atoms with E-state index in [1.54, 1.807) is 9.58 Å².